The monoisotopic (exact) mass is 267 g/mol. The van der Waals surface area contributed by atoms with E-state index in [2.05, 4.69) is 12.2 Å². The number of halogens is 1. The molecule has 0 radical (unpaired) electrons. The molecule has 1 aromatic rings. The van der Waals surface area contributed by atoms with Gasteiger partial charge in [0.25, 0.3) is 0 Å². The van der Waals surface area contributed by atoms with Gasteiger partial charge in [0.2, 0.25) is 0 Å². The molecule has 18 heavy (non-hydrogen) atoms. The Labute approximate surface area is 115 Å². The van der Waals surface area contributed by atoms with Crippen molar-refractivity contribution in [2.75, 3.05) is 13.7 Å². The van der Waals surface area contributed by atoms with Crippen LogP contribution in [0.3, 0.4) is 0 Å². The van der Waals surface area contributed by atoms with E-state index in [1.807, 2.05) is 18.2 Å². The second kappa shape index (κ2) is 5.94. The first-order valence-electron chi connectivity index (χ1n) is 6.70. The van der Waals surface area contributed by atoms with E-state index in [0.717, 1.165) is 23.7 Å². The first kappa shape index (κ1) is 13.7. The standard InChI is InChI=1S/C15H22ClNO/c1-15(8-4-3-5-9-17-15)11-12-10-13(16)6-7-14(12)18-2/h6-7,10,17H,3-5,8-9,11H2,1-2H3. The zero-order valence-corrected chi connectivity index (χ0v) is 12.0. The van der Waals surface area contributed by atoms with Gasteiger partial charge < -0.3 is 10.1 Å². The molecule has 3 heteroatoms. The smallest absolute Gasteiger partial charge is 0.122 e. The van der Waals surface area contributed by atoms with Crippen molar-refractivity contribution in [3.8, 4) is 5.75 Å². The molecule has 1 aromatic carbocycles. The molecule has 0 bridgehead atoms. The lowest BCUT2D eigenvalue weighted by Gasteiger charge is -2.30. The van der Waals surface area contributed by atoms with Crippen LogP contribution in [0.1, 0.15) is 38.2 Å². The molecule has 1 fully saturated rings. The van der Waals surface area contributed by atoms with Crippen LogP contribution in [0.4, 0.5) is 0 Å². The van der Waals surface area contributed by atoms with Gasteiger partial charge in [0.15, 0.2) is 0 Å². The highest BCUT2D eigenvalue weighted by molar-refractivity contribution is 6.30. The first-order valence-corrected chi connectivity index (χ1v) is 7.08. The van der Waals surface area contributed by atoms with E-state index in [1.165, 1.54) is 31.2 Å². The van der Waals surface area contributed by atoms with Gasteiger partial charge in [0, 0.05) is 10.6 Å². The molecule has 2 nitrogen and oxygen atoms in total. The van der Waals surface area contributed by atoms with Crippen LogP contribution < -0.4 is 10.1 Å². The highest BCUT2D eigenvalue weighted by Gasteiger charge is 2.26. The third-order valence-electron chi connectivity index (χ3n) is 3.78. The Hall–Kier alpha value is -0.730. The van der Waals surface area contributed by atoms with Crippen LogP contribution in [-0.4, -0.2) is 19.2 Å². The van der Waals surface area contributed by atoms with Crippen molar-refractivity contribution in [3.05, 3.63) is 28.8 Å². The van der Waals surface area contributed by atoms with Crippen molar-refractivity contribution in [1.82, 2.24) is 5.32 Å². The number of ether oxygens (including phenoxy) is 1. The third kappa shape index (κ3) is 3.39. The molecular formula is C15H22ClNO. The summed E-state index contributed by atoms with van der Waals surface area (Å²) >= 11 is 6.09. The van der Waals surface area contributed by atoms with E-state index in [0.29, 0.717) is 0 Å². The summed E-state index contributed by atoms with van der Waals surface area (Å²) in [7, 11) is 1.72. The van der Waals surface area contributed by atoms with E-state index in [9.17, 15) is 0 Å². The summed E-state index contributed by atoms with van der Waals surface area (Å²) in [6.07, 6.45) is 6.09. The van der Waals surface area contributed by atoms with Crippen LogP contribution in [-0.2, 0) is 6.42 Å². The molecule has 0 aromatic heterocycles. The maximum atomic E-state index is 6.09. The molecule has 1 saturated heterocycles. The first-order chi connectivity index (χ1) is 8.63. The summed E-state index contributed by atoms with van der Waals surface area (Å²) < 4.78 is 5.43. The van der Waals surface area contributed by atoms with E-state index < -0.39 is 0 Å². The lowest BCUT2D eigenvalue weighted by molar-refractivity contribution is 0.336. The predicted octanol–water partition coefficient (Wildman–Crippen LogP) is 3.81. The summed E-state index contributed by atoms with van der Waals surface area (Å²) in [5.41, 5.74) is 1.36. The normalized spacial score (nSPS) is 24.6. The van der Waals surface area contributed by atoms with Gasteiger partial charge in [-0.3, -0.25) is 0 Å². The van der Waals surface area contributed by atoms with Crippen LogP contribution in [0, 0.1) is 0 Å². The van der Waals surface area contributed by atoms with Gasteiger partial charge in [-0.25, -0.2) is 0 Å². The van der Waals surface area contributed by atoms with Gasteiger partial charge in [0.05, 0.1) is 7.11 Å². The van der Waals surface area contributed by atoms with Crippen molar-refractivity contribution in [3.63, 3.8) is 0 Å². The topological polar surface area (TPSA) is 21.3 Å². The fraction of sp³-hybridized carbons (Fsp3) is 0.600. The summed E-state index contributed by atoms with van der Waals surface area (Å²) in [4.78, 5) is 0. The highest BCUT2D eigenvalue weighted by atomic mass is 35.5. The SMILES string of the molecule is COc1ccc(Cl)cc1CC1(C)CCCCCN1. The third-order valence-corrected chi connectivity index (χ3v) is 4.02. The van der Waals surface area contributed by atoms with Gasteiger partial charge in [-0.2, -0.15) is 0 Å². The minimum Gasteiger partial charge on any atom is -0.496 e. The number of hydrogen-bond donors (Lipinski definition) is 1. The molecule has 0 spiro atoms. The molecule has 1 aliphatic rings. The van der Waals surface area contributed by atoms with Crippen LogP contribution in [0.15, 0.2) is 18.2 Å². The van der Waals surface area contributed by atoms with E-state index in [1.54, 1.807) is 7.11 Å². The van der Waals surface area contributed by atoms with E-state index in [-0.39, 0.29) is 5.54 Å². The Bertz CT molecular complexity index is 397. The average Bonchev–Trinajstić information content (AvgIpc) is 2.54. The van der Waals surface area contributed by atoms with Crippen molar-refractivity contribution in [2.45, 2.75) is 44.6 Å². The van der Waals surface area contributed by atoms with Crippen molar-refractivity contribution in [1.29, 1.82) is 0 Å². The van der Waals surface area contributed by atoms with E-state index in [4.69, 9.17) is 16.3 Å². The van der Waals surface area contributed by atoms with Gasteiger partial charge in [-0.1, -0.05) is 24.4 Å². The second-order valence-corrected chi connectivity index (χ2v) is 5.87. The molecule has 1 unspecified atom stereocenters. The summed E-state index contributed by atoms with van der Waals surface area (Å²) in [5.74, 6) is 0.937. The minimum atomic E-state index is 0.161. The van der Waals surface area contributed by atoms with E-state index >= 15 is 0 Å². The molecule has 1 N–H and O–H groups in total. The zero-order valence-electron chi connectivity index (χ0n) is 11.3. The molecule has 2 rings (SSSR count). The molecule has 100 valence electrons. The van der Waals surface area contributed by atoms with Gasteiger partial charge in [0.1, 0.15) is 5.75 Å². The fourth-order valence-corrected chi connectivity index (χ4v) is 2.95. The van der Waals surface area contributed by atoms with Crippen LogP contribution in [0.5, 0.6) is 5.75 Å². The van der Waals surface area contributed by atoms with Gasteiger partial charge >= 0.3 is 0 Å². The Balaban J connectivity index is 2.18. The number of rotatable bonds is 3. The van der Waals surface area contributed by atoms with Gasteiger partial charge in [-0.15, -0.1) is 0 Å². The Kier molecular flexibility index (Phi) is 4.52. The largest absolute Gasteiger partial charge is 0.496 e. The Morgan fingerprint density at radius 1 is 1.33 bits per heavy atom. The van der Waals surface area contributed by atoms with Crippen LogP contribution in [0.2, 0.25) is 5.02 Å². The zero-order chi connectivity index (χ0) is 13.0. The molecule has 0 aliphatic carbocycles. The lowest BCUT2D eigenvalue weighted by atomic mass is 9.88. The van der Waals surface area contributed by atoms with Crippen molar-refractivity contribution >= 4 is 11.6 Å². The van der Waals surface area contributed by atoms with Gasteiger partial charge in [-0.05, 0) is 56.5 Å². The Morgan fingerprint density at radius 3 is 2.94 bits per heavy atom. The maximum absolute atomic E-state index is 6.09. The number of benzene rings is 1. The lowest BCUT2D eigenvalue weighted by Crippen LogP contribution is -2.43. The summed E-state index contributed by atoms with van der Waals surface area (Å²) in [5, 5.41) is 4.46. The second-order valence-electron chi connectivity index (χ2n) is 5.43. The quantitative estimate of drug-likeness (QED) is 0.899. The number of hydrogen-bond acceptors (Lipinski definition) is 2. The molecule has 1 heterocycles. The van der Waals surface area contributed by atoms with Crippen LogP contribution >= 0.6 is 11.6 Å². The summed E-state index contributed by atoms with van der Waals surface area (Å²) in [6, 6.07) is 5.86. The fourth-order valence-electron chi connectivity index (χ4n) is 2.75. The van der Waals surface area contributed by atoms with Crippen LogP contribution in [0.25, 0.3) is 0 Å². The van der Waals surface area contributed by atoms with Crippen molar-refractivity contribution < 1.29 is 4.74 Å². The predicted molar refractivity (Wildman–Crippen MR) is 76.6 cm³/mol. The number of methoxy groups -OCH3 is 1. The summed E-state index contributed by atoms with van der Waals surface area (Å²) in [6.45, 7) is 3.41. The van der Waals surface area contributed by atoms with Crippen molar-refractivity contribution in [2.24, 2.45) is 0 Å². The molecule has 1 aliphatic heterocycles. The molecule has 1 atom stereocenters. The highest BCUT2D eigenvalue weighted by Crippen LogP contribution is 2.29. The molecular weight excluding hydrogens is 246 g/mol. The molecule has 0 saturated carbocycles. The average molecular weight is 268 g/mol. The molecule has 0 amide bonds. The Morgan fingerprint density at radius 2 is 2.17 bits per heavy atom. The number of nitrogens with one attached hydrogen (secondary N) is 1. The maximum Gasteiger partial charge on any atom is 0.122 e. The minimum absolute atomic E-state index is 0.161.